The van der Waals surface area contributed by atoms with Gasteiger partial charge in [0.05, 0.1) is 11.1 Å². The Labute approximate surface area is 131 Å². The molecule has 0 radical (unpaired) electrons. The summed E-state index contributed by atoms with van der Waals surface area (Å²) in [5.41, 5.74) is 1.60. The largest absolute Gasteiger partial charge is 0.352 e. The summed E-state index contributed by atoms with van der Waals surface area (Å²) in [4.78, 5) is 13.5. The monoisotopic (exact) mass is 302 g/mol. The number of thiocarbonyl (C=S) groups is 1. The van der Waals surface area contributed by atoms with Crippen molar-refractivity contribution in [3.63, 3.8) is 0 Å². The van der Waals surface area contributed by atoms with Gasteiger partial charge in [-0.1, -0.05) is 45.3 Å². The van der Waals surface area contributed by atoms with Gasteiger partial charge in [-0.25, -0.2) is 0 Å². The van der Waals surface area contributed by atoms with Gasteiger partial charge in [-0.2, -0.15) is 5.26 Å². The molecule has 0 bridgehead atoms. The summed E-state index contributed by atoms with van der Waals surface area (Å²) >= 11 is 5.48. The molecule has 1 fully saturated rings. The van der Waals surface area contributed by atoms with Crippen LogP contribution in [-0.2, 0) is 4.79 Å². The topological polar surface area (TPSA) is 52.9 Å². The standard InChI is InChI=1S/C17H22N2OS/c1-16(2)8-12-14(13(20)9-16)17(6-4-3-5-7-17)11(10-18)15(21)19-12/h11H,3-9H2,1-2H3,(H,19,21)/t11-/m1/s1. The molecule has 3 nitrogen and oxygen atoms in total. The summed E-state index contributed by atoms with van der Waals surface area (Å²) in [5.74, 6) is -0.102. The highest BCUT2D eigenvalue weighted by atomic mass is 32.1. The maximum Gasteiger partial charge on any atom is 0.161 e. The fourth-order valence-electron chi connectivity index (χ4n) is 4.53. The molecule has 0 aromatic heterocycles. The van der Waals surface area contributed by atoms with Gasteiger partial charge in [-0.05, 0) is 24.7 Å². The fraction of sp³-hybridized carbons (Fsp3) is 0.706. The maximum absolute atomic E-state index is 12.8. The zero-order chi connectivity index (χ0) is 15.3. The molecular weight excluding hydrogens is 280 g/mol. The quantitative estimate of drug-likeness (QED) is 0.694. The van der Waals surface area contributed by atoms with Crippen LogP contribution in [0.3, 0.4) is 0 Å². The number of nitriles is 1. The van der Waals surface area contributed by atoms with E-state index in [1.165, 1.54) is 6.42 Å². The Kier molecular flexibility index (Phi) is 3.44. The number of nitrogens with one attached hydrogen (secondary N) is 1. The SMILES string of the molecule is CC1(C)CC(=O)C2=C(C1)NC(=S)[C@@H](C#N)C21CCCCC1. The third-order valence-corrected chi connectivity index (χ3v) is 5.67. The number of carbonyl (C=O) groups is 1. The normalized spacial score (nSPS) is 30.6. The summed E-state index contributed by atoms with van der Waals surface area (Å²) in [6.07, 6.45) is 6.68. The van der Waals surface area contributed by atoms with Crippen LogP contribution in [-0.4, -0.2) is 10.8 Å². The van der Waals surface area contributed by atoms with E-state index in [1.807, 2.05) is 0 Å². The number of rotatable bonds is 0. The van der Waals surface area contributed by atoms with Crippen LogP contribution < -0.4 is 5.32 Å². The first-order chi connectivity index (χ1) is 9.89. The van der Waals surface area contributed by atoms with Crippen LogP contribution in [0.4, 0.5) is 0 Å². The number of nitrogens with zero attached hydrogens (tertiary/aromatic N) is 1. The smallest absolute Gasteiger partial charge is 0.161 e. The molecule has 0 saturated heterocycles. The number of ketones is 1. The lowest BCUT2D eigenvalue weighted by Gasteiger charge is -2.49. The second-order valence-electron chi connectivity index (χ2n) is 7.56. The van der Waals surface area contributed by atoms with Crippen molar-refractivity contribution in [1.82, 2.24) is 5.32 Å². The highest BCUT2D eigenvalue weighted by Gasteiger charge is 2.53. The summed E-state index contributed by atoms with van der Waals surface area (Å²) in [6, 6.07) is 2.40. The minimum absolute atomic E-state index is 0.0200. The molecule has 2 aliphatic carbocycles. The van der Waals surface area contributed by atoms with Crippen molar-refractivity contribution in [3.05, 3.63) is 11.3 Å². The van der Waals surface area contributed by atoms with Crippen LogP contribution in [0, 0.1) is 28.1 Å². The number of allylic oxidation sites excluding steroid dienone is 2. The first-order valence-corrected chi connectivity index (χ1v) is 8.28. The Morgan fingerprint density at radius 3 is 2.52 bits per heavy atom. The van der Waals surface area contributed by atoms with E-state index in [-0.39, 0.29) is 22.5 Å². The van der Waals surface area contributed by atoms with Crippen molar-refractivity contribution in [2.75, 3.05) is 0 Å². The third-order valence-electron chi connectivity index (χ3n) is 5.34. The van der Waals surface area contributed by atoms with Gasteiger partial charge < -0.3 is 5.32 Å². The molecule has 1 aliphatic heterocycles. The van der Waals surface area contributed by atoms with Gasteiger partial charge >= 0.3 is 0 Å². The van der Waals surface area contributed by atoms with Crippen molar-refractivity contribution in [3.8, 4) is 6.07 Å². The second-order valence-corrected chi connectivity index (χ2v) is 8.00. The van der Waals surface area contributed by atoms with Gasteiger partial charge in [0.15, 0.2) is 5.78 Å². The Morgan fingerprint density at radius 1 is 1.24 bits per heavy atom. The Hall–Kier alpha value is -1.21. The van der Waals surface area contributed by atoms with Gasteiger partial charge in [-0.15, -0.1) is 0 Å². The van der Waals surface area contributed by atoms with Crippen LogP contribution in [0.5, 0.6) is 0 Å². The summed E-state index contributed by atoms with van der Waals surface area (Å²) in [6.45, 7) is 4.26. The average Bonchev–Trinajstić information content (AvgIpc) is 2.37. The zero-order valence-electron chi connectivity index (χ0n) is 12.8. The van der Waals surface area contributed by atoms with E-state index in [0.29, 0.717) is 11.4 Å². The second kappa shape index (κ2) is 4.91. The first-order valence-electron chi connectivity index (χ1n) is 7.87. The Morgan fingerprint density at radius 2 is 1.90 bits per heavy atom. The molecule has 0 unspecified atom stereocenters. The number of hydrogen-bond acceptors (Lipinski definition) is 3. The zero-order valence-corrected chi connectivity index (χ0v) is 13.6. The third kappa shape index (κ3) is 2.23. The number of Topliss-reactive ketones (excluding diaryl/α,β-unsaturated/α-hetero) is 1. The van der Waals surface area contributed by atoms with E-state index in [2.05, 4.69) is 25.2 Å². The number of fused-ring (bicyclic) bond motifs is 1. The Balaban J connectivity index is 2.15. The lowest BCUT2D eigenvalue weighted by atomic mass is 9.56. The van der Waals surface area contributed by atoms with Gasteiger partial charge in [0, 0.05) is 23.1 Å². The highest BCUT2D eigenvalue weighted by molar-refractivity contribution is 7.80. The van der Waals surface area contributed by atoms with Crippen molar-refractivity contribution >= 4 is 23.0 Å². The molecule has 21 heavy (non-hydrogen) atoms. The van der Waals surface area contributed by atoms with Crippen molar-refractivity contribution in [2.45, 2.75) is 58.8 Å². The maximum atomic E-state index is 12.8. The minimum Gasteiger partial charge on any atom is -0.352 e. The fourth-order valence-corrected chi connectivity index (χ4v) is 4.93. The van der Waals surface area contributed by atoms with E-state index < -0.39 is 0 Å². The summed E-state index contributed by atoms with van der Waals surface area (Å²) in [7, 11) is 0. The van der Waals surface area contributed by atoms with Crippen LogP contribution in [0.1, 0.15) is 58.8 Å². The molecule has 112 valence electrons. The van der Waals surface area contributed by atoms with Gasteiger partial charge in [0.2, 0.25) is 0 Å². The van der Waals surface area contributed by atoms with Gasteiger partial charge in [0.1, 0.15) is 5.92 Å². The van der Waals surface area contributed by atoms with E-state index in [1.54, 1.807) is 0 Å². The Bertz CT molecular complexity index is 576. The molecule has 0 aromatic rings. The lowest BCUT2D eigenvalue weighted by molar-refractivity contribution is -0.120. The molecule has 1 N–H and O–H groups in total. The molecule has 0 amide bonds. The van der Waals surface area contributed by atoms with Crippen molar-refractivity contribution in [1.29, 1.82) is 5.26 Å². The van der Waals surface area contributed by atoms with E-state index in [9.17, 15) is 10.1 Å². The molecule has 4 heteroatoms. The van der Waals surface area contributed by atoms with Gasteiger partial charge in [-0.3, -0.25) is 4.79 Å². The molecule has 1 heterocycles. The molecule has 3 aliphatic rings. The predicted molar refractivity (Wildman–Crippen MR) is 85.4 cm³/mol. The van der Waals surface area contributed by atoms with Gasteiger partial charge in [0.25, 0.3) is 0 Å². The van der Waals surface area contributed by atoms with E-state index >= 15 is 0 Å². The highest BCUT2D eigenvalue weighted by Crippen LogP contribution is 2.55. The molecular formula is C17H22N2OS. The van der Waals surface area contributed by atoms with Crippen molar-refractivity contribution in [2.24, 2.45) is 16.7 Å². The lowest BCUT2D eigenvalue weighted by Crippen LogP contribution is -2.52. The molecule has 1 atom stereocenters. The molecule has 1 spiro atoms. The predicted octanol–water partition coefficient (Wildman–Crippen LogP) is 3.65. The summed E-state index contributed by atoms with van der Waals surface area (Å²) < 4.78 is 0. The first kappa shape index (κ1) is 14.7. The number of hydrogen-bond donors (Lipinski definition) is 1. The van der Waals surface area contributed by atoms with E-state index in [4.69, 9.17) is 12.2 Å². The molecule has 0 aromatic carbocycles. The molecule has 3 rings (SSSR count). The summed E-state index contributed by atoms with van der Waals surface area (Å²) in [5, 5.41) is 12.9. The van der Waals surface area contributed by atoms with Crippen LogP contribution in [0.25, 0.3) is 0 Å². The molecule has 1 saturated carbocycles. The van der Waals surface area contributed by atoms with Crippen LogP contribution >= 0.6 is 12.2 Å². The average molecular weight is 302 g/mol. The van der Waals surface area contributed by atoms with Crippen LogP contribution in [0.15, 0.2) is 11.3 Å². The van der Waals surface area contributed by atoms with Crippen LogP contribution in [0.2, 0.25) is 0 Å². The number of carbonyl (C=O) groups excluding carboxylic acids is 1. The minimum atomic E-state index is -0.336. The van der Waals surface area contributed by atoms with E-state index in [0.717, 1.165) is 43.4 Å². The van der Waals surface area contributed by atoms with Crippen molar-refractivity contribution < 1.29 is 4.79 Å².